The molecular formula is C20H20FN3O2. The minimum atomic E-state index is -0.302. The van der Waals surface area contributed by atoms with E-state index >= 15 is 0 Å². The van der Waals surface area contributed by atoms with E-state index in [-0.39, 0.29) is 36.2 Å². The Morgan fingerprint density at radius 3 is 3.00 bits per heavy atom. The molecule has 4 aliphatic rings. The zero-order valence-corrected chi connectivity index (χ0v) is 14.2. The molecule has 1 aromatic carbocycles. The van der Waals surface area contributed by atoms with Gasteiger partial charge < -0.3 is 10.6 Å². The molecule has 26 heavy (non-hydrogen) atoms. The Morgan fingerprint density at radius 2 is 2.19 bits per heavy atom. The van der Waals surface area contributed by atoms with Crippen LogP contribution < -0.4 is 16.1 Å². The van der Waals surface area contributed by atoms with Crippen LogP contribution in [0.25, 0.3) is 5.70 Å². The second-order valence-corrected chi connectivity index (χ2v) is 7.18. The first kappa shape index (κ1) is 15.8. The SMILES string of the molecule is O=C1NOCC2=C(c3ccc([C@H]4CCCN4)c(F)c3)NC3=CC=CC1C32. The number of carbonyl (C=O) groups excluding carboxylic acids is 1. The van der Waals surface area contributed by atoms with Crippen LogP contribution in [0.2, 0.25) is 0 Å². The lowest BCUT2D eigenvalue weighted by Crippen LogP contribution is -2.32. The molecule has 1 aliphatic carbocycles. The Morgan fingerprint density at radius 1 is 1.27 bits per heavy atom. The molecule has 0 bridgehead atoms. The topological polar surface area (TPSA) is 62.4 Å². The number of rotatable bonds is 2. The van der Waals surface area contributed by atoms with E-state index in [0.29, 0.717) is 0 Å². The van der Waals surface area contributed by atoms with Crippen molar-refractivity contribution >= 4 is 11.6 Å². The van der Waals surface area contributed by atoms with Gasteiger partial charge in [-0.1, -0.05) is 24.3 Å². The maximum absolute atomic E-state index is 14.8. The minimum absolute atomic E-state index is 0.0725. The number of benzene rings is 1. The number of allylic oxidation sites excluding steroid dienone is 3. The molecule has 3 N–H and O–H groups in total. The molecule has 0 spiro atoms. The molecule has 2 fully saturated rings. The van der Waals surface area contributed by atoms with Crippen molar-refractivity contribution in [3.63, 3.8) is 0 Å². The molecule has 3 atom stereocenters. The van der Waals surface area contributed by atoms with Crippen LogP contribution in [0.15, 0.2) is 47.7 Å². The summed E-state index contributed by atoms with van der Waals surface area (Å²) in [6.45, 7) is 1.22. The quantitative estimate of drug-likeness (QED) is 0.764. The molecule has 2 saturated heterocycles. The third-order valence-electron chi connectivity index (χ3n) is 5.68. The largest absolute Gasteiger partial charge is 0.358 e. The van der Waals surface area contributed by atoms with Crippen molar-refractivity contribution in [1.82, 2.24) is 16.1 Å². The molecule has 1 aromatic rings. The van der Waals surface area contributed by atoms with Crippen molar-refractivity contribution in [2.75, 3.05) is 13.2 Å². The van der Waals surface area contributed by atoms with Crippen LogP contribution in [0.3, 0.4) is 0 Å². The van der Waals surface area contributed by atoms with Crippen LogP contribution in [0.4, 0.5) is 4.39 Å². The van der Waals surface area contributed by atoms with E-state index in [1.807, 2.05) is 30.4 Å². The first-order valence-electron chi connectivity index (χ1n) is 9.05. The summed E-state index contributed by atoms with van der Waals surface area (Å²) in [5, 5.41) is 6.73. The second kappa shape index (κ2) is 6.07. The lowest BCUT2D eigenvalue weighted by atomic mass is 9.81. The number of nitrogens with one attached hydrogen (secondary N) is 3. The third-order valence-corrected chi connectivity index (χ3v) is 5.68. The molecule has 0 saturated carbocycles. The summed E-state index contributed by atoms with van der Waals surface area (Å²) in [7, 11) is 0. The van der Waals surface area contributed by atoms with Gasteiger partial charge in [0.15, 0.2) is 0 Å². The van der Waals surface area contributed by atoms with Crippen molar-refractivity contribution in [2.45, 2.75) is 18.9 Å². The van der Waals surface area contributed by atoms with Crippen LogP contribution in [0.5, 0.6) is 0 Å². The summed E-state index contributed by atoms with van der Waals surface area (Å²) in [5.74, 6) is -0.719. The van der Waals surface area contributed by atoms with Gasteiger partial charge >= 0.3 is 0 Å². The molecule has 2 unspecified atom stereocenters. The van der Waals surface area contributed by atoms with Crippen LogP contribution in [-0.2, 0) is 9.63 Å². The molecule has 5 nitrogen and oxygen atoms in total. The zero-order valence-electron chi connectivity index (χ0n) is 14.2. The van der Waals surface area contributed by atoms with Crippen molar-refractivity contribution in [3.05, 3.63) is 64.6 Å². The van der Waals surface area contributed by atoms with Crippen LogP contribution in [-0.4, -0.2) is 19.1 Å². The maximum Gasteiger partial charge on any atom is 0.251 e. The predicted molar refractivity (Wildman–Crippen MR) is 94.7 cm³/mol. The first-order valence-corrected chi connectivity index (χ1v) is 9.05. The normalized spacial score (nSPS) is 29.8. The molecule has 0 aromatic heterocycles. The van der Waals surface area contributed by atoms with Gasteiger partial charge in [0, 0.05) is 34.5 Å². The average molecular weight is 353 g/mol. The van der Waals surface area contributed by atoms with E-state index in [1.165, 1.54) is 0 Å². The highest BCUT2D eigenvalue weighted by atomic mass is 19.1. The minimum Gasteiger partial charge on any atom is -0.358 e. The summed E-state index contributed by atoms with van der Waals surface area (Å²) in [6.07, 6.45) is 7.78. The second-order valence-electron chi connectivity index (χ2n) is 7.18. The highest BCUT2D eigenvalue weighted by molar-refractivity contribution is 5.85. The highest BCUT2D eigenvalue weighted by Crippen LogP contribution is 2.42. The molecule has 1 amide bonds. The van der Waals surface area contributed by atoms with E-state index in [2.05, 4.69) is 16.1 Å². The monoisotopic (exact) mass is 353 g/mol. The van der Waals surface area contributed by atoms with Crippen molar-refractivity contribution < 1.29 is 14.0 Å². The summed E-state index contributed by atoms with van der Waals surface area (Å²) in [5.41, 5.74) is 6.79. The number of hydroxylamine groups is 1. The van der Waals surface area contributed by atoms with Gasteiger partial charge in [-0.2, -0.15) is 0 Å². The molecule has 6 heteroatoms. The highest BCUT2D eigenvalue weighted by Gasteiger charge is 2.42. The van der Waals surface area contributed by atoms with Gasteiger partial charge in [0.1, 0.15) is 5.82 Å². The lowest BCUT2D eigenvalue weighted by molar-refractivity contribution is -0.134. The van der Waals surface area contributed by atoms with E-state index in [1.54, 1.807) is 6.07 Å². The Bertz CT molecular complexity index is 868. The fourth-order valence-corrected chi connectivity index (χ4v) is 4.42. The smallest absolute Gasteiger partial charge is 0.251 e. The molecule has 134 valence electrons. The Hall–Kier alpha value is -2.44. The van der Waals surface area contributed by atoms with E-state index in [9.17, 15) is 9.18 Å². The van der Waals surface area contributed by atoms with Gasteiger partial charge in [-0.25, -0.2) is 9.87 Å². The first-order chi connectivity index (χ1) is 12.7. The van der Waals surface area contributed by atoms with Gasteiger partial charge in [-0.05, 0) is 37.1 Å². The number of amides is 1. The Labute approximate surface area is 150 Å². The van der Waals surface area contributed by atoms with Crippen molar-refractivity contribution in [3.8, 4) is 0 Å². The van der Waals surface area contributed by atoms with Crippen molar-refractivity contribution in [2.24, 2.45) is 11.8 Å². The Balaban J connectivity index is 1.54. The van der Waals surface area contributed by atoms with Crippen molar-refractivity contribution in [1.29, 1.82) is 0 Å². The maximum atomic E-state index is 14.8. The number of hydrogen-bond acceptors (Lipinski definition) is 4. The molecule has 5 rings (SSSR count). The number of carbonyl (C=O) groups is 1. The average Bonchev–Trinajstić information content (AvgIpc) is 3.26. The van der Waals surface area contributed by atoms with E-state index in [4.69, 9.17) is 4.84 Å². The summed E-state index contributed by atoms with van der Waals surface area (Å²) in [6, 6.07) is 5.51. The predicted octanol–water partition coefficient (Wildman–Crippen LogP) is 2.31. The standard InChI is InChI=1S/C20H20FN3O2/c21-15-9-11(6-7-12(15)16-5-2-8-22-16)19-14-10-26-24-20(25)13-3-1-4-17(23-19)18(13)14/h1,3-4,6-7,9,13,16,18,22-23H,2,5,8,10H2,(H,24,25)/t13?,16-,18?/m1/s1. The molecular weight excluding hydrogens is 333 g/mol. The molecule has 0 radical (unpaired) electrons. The fraction of sp³-hybridized carbons (Fsp3) is 0.350. The summed E-state index contributed by atoms with van der Waals surface area (Å²) >= 11 is 0. The Kier molecular flexibility index (Phi) is 3.69. The van der Waals surface area contributed by atoms with Gasteiger partial charge in [0.05, 0.1) is 12.5 Å². The van der Waals surface area contributed by atoms with E-state index in [0.717, 1.165) is 47.5 Å². The van der Waals surface area contributed by atoms with Gasteiger partial charge in [0.2, 0.25) is 0 Å². The van der Waals surface area contributed by atoms with E-state index < -0.39 is 0 Å². The number of hydrogen-bond donors (Lipinski definition) is 3. The van der Waals surface area contributed by atoms with Crippen LogP contribution in [0.1, 0.15) is 30.0 Å². The number of halogens is 1. The van der Waals surface area contributed by atoms with Gasteiger partial charge in [-0.15, -0.1) is 0 Å². The summed E-state index contributed by atoms with van der Waals surface area (Å²) in [4.78, 5) is 17.6. The molecule has 3 aliphatic heterocycles. The van der Waals surface area contributed by atoms with Crippen LogP contribution >= 0.6 is 0 Å². The molecule has 3 heterocycles. The summed E-state index contributed by atoms with van der Waals surface area (Å²) < 4.78 is 14.8. The van der Waals surface area contributed by atoms with Gasteiger partial charge in [0.25, 0.3) is 5.91 Å². The van der Waals surface area contributed by atoms with Crippen LogP contribution in [0, 0.1) is 17.7 Å². The lowest BCUT2D eigenvalue weighted by Gasteiger charge is -2.21. The van der Waals surface area contributed by atoms with Gasteiger partial charge in [-0.3, -0.25) is 9.63 Å². The zero-order chi connectivity index (χ0) is 17.7. The fourth-order valence-electron chi connectivity index (χ4n) is 4.42. The third kappa shape index (κ3) is 2.40.